The van der Waals surface area contributed by atoms with E-state index in [1.807, 2.05) is 71.0 Å². The van der Waals surface area contributed by atoms with Gasteiger partial charge in [0.2, 0.25) is 0 Å². The predicted molar refractivity (Wildman–Crippen MR) is 192 cm³/mol. The Kier molecular flexibility index (Phi) is 9.18. The number of fused-ring (bicyclic) bond motifs is 1. The quantitative estimate of drug-likeness (QED) is 0.197. The van der Waals surface area contributed by atoms with E-state index in [9.17, 15) is 9.90 Å². The normalized spacial score (nSPS) is 16.7. The Morgan fingerprint density at radius 3 is 2.35 bits per heavy atom. The largest absolute Gasteiger partial charge is 0.479 e. The zero-order valence-corrected chi connectivity index (χ0v) is 29.3. The number of aliphatic carboxylic acids is 1. The fraction of sp³-hybridized carbons (Fsp3) is 0.436. The van der Waals surface area contributed by atoms with Crippen LogP contribution in [0.25, 0.3) is 11.1 Å². The number of para-hydroxylation sites is 1. The van der Waals surface area contributed by atoms with E-state index < -0.39 is 17.7 Å². The lowest BCUT2D eigenvalue weighted by Gasteiger charge is -2.41. The summed E-state index contributed by atoms with van der Waals surface area (Å²) < 4.78 is 6.27. The summed E-state index contributed by atoms with van der Waals surface area (Å²) in [5.41, 5.74) is 8.36. The van der Waals surface area contributed by atoms with Crippen LogP contribution in [-0.4, -0.2) is 51.3 Å². The standard InChI is InChI=1S/C39H48N6O3/c1-25-33(35(44-19-16-39(6,7)17-20-44)34(26(2)42-25)36(37(46)47)48-38(3,4)5)28-13-14-29-23-45(18-15-27(29)21-28)32-22-31(40-24-41-32)43-30-11-9-8-10-12-30/h8-14,21-22,24,36H,15-20,23H2,1-7H3,(H,46,47)(H,40,41,43). The van der Waals surface area contributed by atoms with Crippen LogP contribution in [0.5, 0.6) is 0 Å². The summed E-state index contributed by atoms with van der Waals surface area (Å²) in [5, 5.41) is 13.9. The Labute approximate surface area is 284 Å². The number of piperidine rings is 1. The molecule has 2 aliphatic rings. The van der Waals surface area contributed by atoms with Crippen LogP contribution in [0.3, 0.4) is 0 Å². The number of ether oxygens (including phenoxy) is 1. The Morgan fingerprint density at radius 2 is 1.67 bits per heavy atom. The number of hydrogen-bond donors (Lipinski definition) is 2. The SMILES string of the molecule is Cc1nc(C)c(C(OC(C)(C)C)C(=O)O)c(N2CCC(C)(C)CC2)c1-c1ccc2c(c1)CCN(c1cc(Nc3ccccc3)ncn1)C2. The highest BCUT2D eigenvalue weighted by Gasteiger charge is 2.36. The fourth-order valence-electron chi connectivity index (χ4n) is 6.92. The second kappa shape index (κ2) is 13.2. The van der Waals surface area contributed by atoms with Gasteiger partial charge in [0.05, 0.1) is 11.3 Å². The fourth-order valence-corrected chi connectivity index (χ4v) is 6.92. The molecule has 0 bridgehead atoms. The van der Waals surface area contributed by atoms with Crippen molar-refractivity contribution >= 4 is 29.0 Å². The third kappa shape index (κ3) is 7.31. The first-order chi connectivity index (χ1) is 22.8. The maximum absolute atomic E-state index is 12.9. The van der Waals surface area contributed by atoms with Gasteiger partial charge in [0, 0.05) is 60.4 Å². The van der Waals surface area contributed by atoms with Crippen molar-refractivity contribution in [3.8, 4) is 11.1 Å². The van der Waals surface area contributed by atoms with Crippen LogP contribution in [0, 0.1) is 19.3 Å². The van der Waals surface area contributed by atoms with Gasteiger partial charge in [-0.25, -0.2) is 14.8 Å². The van der Waals surface area contributed by atoms with Crippen LogP contribution in [0.2, 0.25) is 0 Å². The maximum atomic E-state index is 12.9. The van der Waals surface area contributed by atoms with Gasteiger partial charge in [-0.2, -0.15) is 0 Å². The molecule has 2 aromatic heterocycles. The highest BCUT2D eigenvalue weighted by molar-refractivity contribution is 5.88. The monoisotopic (exact) mass is 648 g/mol. The van der Waals surface area contributed by atoms with E-state index >= 15 is 0 Å². The third-order valence-electron chi connectivity index (χ3n) is 9.50. The van der Waals surface area contributed by atoms with Gasteiger partial charge in [0.25, 0.3) is 0 Å². The summed E-state index contributed by atoms with van der Waals surface area (Å²) in [7, 11) is 0. The van der Waals surface area contributed by atoms with E-state index in [0.717, 1.165) is 85.3 Å². The lowest BCUT2D eigenvalue weighted by molar-refractivity contribution is -0.160. The van der Waals surface area contributed by atoms with E-state index in [0.29, 0.717) is 11.3 Å². The zero-order valence-electron chi connectivity index (χ0n) is 29.3. The van der Waals surface area contributed by atoms with Crippen molar-refractivity contribution in [3.63, 3.8) is 0 Å². The minimum absolute atomic E-state index is 0.238. The molecule has 1 saturated heterocycles. The van der Waals surface area contributed by atoms with Crippen LogP contribution in [0.15, 0.2) is 60.9 Å². The summed E-state index contributed by atoms with van der Waals surface area (Å²) in [6, 6.07) is 18.7. The highest BCUT2D eigenvalue weighted by atomic mass is 16.5. The van der Waals surface area contributed by atoms with Crippen molar-refractivity contribution < 1.29 is 14.6 Å². The molecular weight excluding hydrogens is 600 g/mol. The molecule has 252 valence electrons. The topological polar surface area (TPSA) is 104 Å². The first kappa shape index (κ1) is 33.4. The van der Waals surface area contributed by atoms with Crippen molar-refractivity contribution in [2.75, 3.05) is 34.8 Å². The van der Waals surface area contributed by atoms with Gasteiger partial charge in [-0.3, -0.25) is 4.98 Å². The molecule has 0 aliphatic carbocycles. The van der Waals surface area contributed by atoms with E-state index in [-0.39, 0.29) is 5.41 Å². The van der Waals surface area contributed by atoms with Crippen molar-refractivity contribution in [3.05, 3.63) is 89.0 Å². The molecule has 4 heterocycles. The molecule has 1 fully saturated rings. The summed E-state index contributed by atoms with van der Waals surface area (Å²) in [6.45, 7) is 17.5. The van der Waals surface area contributed by atoms with Crippen molar-refractivity contribution in [1.29, 1.82) is 0 Å². The lowest BCUT2D eigenvalue weighted by Crippen LogP contribution is -2.39. The van der Waals surface area contributed by atoms with Gasteiger partial charge in [0.1, 0.15) is 18.0 Å². The molecule has 0 saturated carbocycles. The molecule has 6 rings (SSSR count). The van der Waals surface area contributed by atoms with Crippen LogP contribution in [0.4, 0.5) is 23.0 Å². The molecule has 48 heavy (non-hydrogen) atoms. The second-order valence-corrected chi connectivity index (χ2v) is 14.9. The number of pyridine rings is 1. The third-order valence-corrected chi connectivity index (χ3v) is 9.50. The van der Waals surface area contributed by atoms with Crippen LogP contribution >= 0.6 is 0 Å². The minimum atomic E-state index is -1.14. The second-order valence-electron chi connectivity index (χ2n) is 14.9. The molecule has 1 atom stereocenters. The molecule has 9 heteroatoms. The van der Waals surface area contributed by atoms with Crippen molar-refractivity contribution in [2.24, 2.45) is 5.41 Å². The number of rotatable bonds is 8. The van der Waals surface area contributed by atoms with Crippen molar-refractivity contribution in [2.45, 2.75) is 86.0 Å². The summed E-state index contributed by atoms with van der Waals surface area (Å²) in [4.78, 5) is 31.5. The average molecular weight is 649 g/mol. The first-order valence-corrected chi connectivity index (χ1v) is 17.0. The molecule has 0 spiro atoms. The van der Waals surface area contributed by atoms with Gasteiger partial charge >= 0.3 is 5.97 Å². The summed E-state index contributed by atoms with van der Waals surface area (Å²) in [6.07, 6.45) is 3.38. The maximum Gasteiger partial charge on any atom is 0.337 e. The van der Waals surface area contributed by atoms with E-state index in [1.54, 1.807) is 6.33 Å². The highest BCUT2D eigenvalue weighted by Crippen LogP contribution is 2.45. The number of carboxylic acid groups (broad SMARTS) is 1. The predicted octanol–water partition coefficient (Wildman–Crippen LogP) is 8.03. The number of hydrogen-bond acceptors (Lipinski definition) is 8. The van der Waals surface area contributed by atoms with Gasteiger partial charge in [-0.1, -0.05) is 50.2 Å². The zero-order chi connectivity index (χ0) is 34.2. The van der Waals surface area contributed by atoms with Gasteiger partial charge in [0.15, 0.2) is 6.10 Å². The number of aryl methyl sites for hydroxylation is 2. The molecule has 2 aromatic carbocycles. The molecule has 4 aromatic rings. The Balaban J connectivity index is 1.36. The van der Waals surface area contributed by atoms with Crippen LogP contribution in [0.1, 0.15) is 81.6 Å². The number of nitrogens with one attached hydrogen (secondary N) is 1. The van der Waals surface area contributed by atoms with Gasteiger partial charge in [-0.05, 0) is 88.1 Å². The minimum Gasteiger partial charge on any atom is -0.479 e. The number of aromatic nitrogens is 3. The molecule has 0 amide bonds. The number of anilines is 4. The molecular formula is C39H48N6O3. The van der Waals surface area contributed by atoms with Crippen LogP contribution in [-0.2, 0) is 22.5 Å². The van der Waals surface area contributed by atoms with Crippen molar-refractivity contribution in [1.82, 2.24) is 15.0 Å². The molecule has 0 radical (unpaired) electrons. The van der Waals surface area contributed by atoms with Crippen LogP contribution < -0.4 is 15.1 Å². The number of benzene rings is 2. The summed E-state index contributed by atoms with van der Waals surface area (Å²) in [5.74, 6) is 0.644. The molecule has 2 N–H and O–H groups in total. The Morgan fingerprint density at radius 1 is 0.938 bits per heavy atom. The number of carboxylic acids is 1. The summed E-state index contributed by atoms with van der Waals surface area (Å²) >= 11 is 0. The van der Waals surface area contributed by atoms with E-state index in [2.05, 4.69) is 57.1 Å². The Bertz CT molecular complexity index is 1790. The Hall–Kier alpha value is -4.50. The smallest absolute Gasteiger partial charge is 0.337 e. The first-order valence-electron chi connectivity index (χ1n) is 17.0. The molecule has 9 nitrogen and oxygen atoms in total. The molecule has 1 unspecified atom stereocenters. The average Bonchev–Trinajstić information content (AvgIpc) is 3.03. The van der Waals surface area contributed by atoms with E-state index in [4.69, 9.17) is 9.72 Å². The number of nitrogens with zero attached hydrogens (tertiary/aromatic N) is 5. The van der Waals surface area contributed by atoms with Gasteiger partial charge in [-0.15, -0.1) is 0 Å². The van der Waals surface area contributed by atoms with E-state index in [1.165, 1.54) is 11.1 Å². The molecule has 2 aliphatic heterocycles. The van der Waals surface area contributed by atoms with Gasteiger partial charge < -0.3 is 25.0 Å². The lowest BCUT2D eigenvalue weighted by atomic mass is 9.81. The number of carbonyl (C=O) groups is 1.